The molecule has 0 fully saturated rings. The molecule has 0 spiro atoms. The SMILES string of the molecule is CCCOc1ccc(F)c2c1NC(C(F)(F)F)C(c1cccs1)=C2. The lowest BCUT2D eigenvalue weighted by Gasteiger charge is -2.30. The van der Waals surface area contributed by atoms with E-state index in [0.29, 0.717) is 17.9 Å². The number of fused-ring (bicyclic) bond motifs is 1. The van der Waals surface area contributed by atoms with Gasteiger partial charge in [0.1, 0.15) is 17.6 Å². The highest BCUT2D eigenvalue weighted by Gasteiger charge is 2.45. The third kappa shape index (κ3) is 3.13. The van der Waals surface area contributed by atoms with E-state index in [0.717, 1.165) is 0 Å². The molecule has 0 amide bonds. The van der Waals surface area contributed by atoms with Crippen molar-refractivity contribution < 1.29 is 22.3 Å². The second-order valence-electron chi connectivity index (χ2n) is 5.38. The van der Waals surface area contributed by atoms with Gasteiger partial charge in [-0.3, -0.25) is 0 Å². The number of hydrogen-bond acceptors (Lipinski definition) is 3. The summed E-state index contributed by atoms with van der Waals surface area (Å²) >= 11 is 1.19. The van der Waals surface area contributed by atoms with Crippen molar-refractivity contribution in [1.29, 1.82) is 0 Å². The second kappa shape index (κ2) is 6.47. The molecule has 2 heterocycles. The molecular formula is C17H15F4NOS. The van der Waals surface area contributed by atoms with Crippen molar-refractivity contribution in [3.63, 3.8) is 0 Å². The van der Waals surface area contributed by atoms with Crippen molar-refractivity contribution in [2.45, 2.75) is 25.6 Å². The molecule has 3 rings (SSSR count). The predicted octanol–water partition coefficient (Wildman–Crippen LogP) is 5.57. The molecule has 1 aromatic heterocycles. The maximum Gasteiger partial charge on any atom is 0.412 e. The average Bonchev–Trinajstić information content (AvgIpc) is 3.07. The maximum absolute atomic E-state index is 14.2. The number of alkyl halides is 3. The topological polar surface area (TPSA) is 21.3 Å². The van der Waals surface area contributed by atoms with Gasteiger partial charge in [0.2, 0.25) is 0 Å². The van der Waals surface area contributed by atoms with Crippen LogP contribution < -0.4 is 10.1 Å². The summed E-state index contributed by atoms with van der Waals surface area (Å²) < 4.78 is 60.3. The number of thiophene rings is 1. The van der Waals surface area contributed by atoms with E-state index in [9.17, 15) is 17.6 Å². The molecule has 1 atom stereocenters. The van der Waals surface area contributed by atoms with Crippen molar-refractivity contribution in [2.75, 3.05) is 11.9 Å². The first-order valence-corrected chi connectivity index (χ1v) is 8.33. The van der Waals surface area contributed by atoms with Crippen LogP contribution in [0.25, 0.3) is 11.6 Å². The molecule has 0 saturated heterocycles. The third-order valence-corrected chi connectivity index (χ3v) is 4.57. The number of anilines is 1. The van der Waals surface area contributed by atoms with Crippen LogP contribution in [0.4, 0.5) is 23.2 Å². The highest BCUT2D eigenvalue weighted by atomic mass is 32.1. The molecule has 0 aliphatic carbocycles. The van der Waals surface area contributed by atoms with Gasteiger partial charge in [-0.25, -0.2) is 4.39 Å². The molecule has 1 aliphatic rings. The van der Waals surface area contributed by atoms with Gasteiger partial charge in [0.05, 0.1) is 12.3 Å². The van der Waals surface area contributed by atoms with E-state index in [1.807, 2.05) is 6.92 Å². The van der Waals surface area contributed by atoms with Gasteiger partial charge in [-0.2, -0.15) is 13.2 Å². The summed E-state index contributed by atoms with van der Waals surface area (Å²) in [5.74, 6) is -0.361. The Morgan fingerprint density at radius 3 is 2.67 bits per heavy atom. The quantitative estimate of drug-likeness (QED) is 0.722. The number of hydrogen-bond donors (Lipinski definition) is 1. The number of halogens is 4. The van der Waals surface area contributed by atoms with Crippen molar-refractivity contribution in [2.24, 2.45) is 0 Å². The summed E-state index contributed by atoms with van der Waals surface area (Å²) in [5.41, 5.74) is 0.148. The van der Waals surface area contributed by atoms with E-state index in [4.69, 9.17) is 4.74 Å². The number of nitrogens with one attached hydrogen (secondary N) is 1. The van der Waals surface area contributed by atoms with Crippen LogP contribution in [-0.4, -0.2) is 18.8 Å². The van der Waals surface area contributed by atoms with E-state index >= 15 is 0 Å². The van der Waals surface area contributed by atoms with Crippen molar-refractivity contribution in [1.82, 2.24) is 0 Å². The molecule has 128 valence electrons. The standard InChI is InChI=1S/C17H15F4NOS/c1-2-7-23-13-6-5-12(18)10-9-11(14-4-3-8-24-14)16(17(19,20)21)22-15(10)13/h3-6,8-9,16,22H,2,7H2,1H3. The second-order valence-corrected chi connectivity index (χ2v) is 6.33. The van der Waals surface area contributed by atoms with E-state index in [-0.39, 0.29) is 22.6 Å². The Balaban J connectivity index is 2.14. The molecule has 1 aromatic carbocycles. The summed E-state index contributed by atoms with van der Waals surface area (Å²) in [6, 6.07) is 3.92. The lowest BCUT2D eigenvalue weighted by molar-refractivity contribution is -0.130. The zero-order valence-electron chi connectivity index (χ0n) is 12.8. The Labute approximate surface area is 140 Å². The summed E-state index contributed by atoms with van der Waals surface area (Å²) in [7, 11) is 0. The van der Waals surface area contributed by atoms with E-state index < -0.39 is 18.0 Å². The summed E-state index contributed by atoms with van der Waals surface area (Å²) in [5, 5.41) is 4.13. The zero-order valence-corrected chi connectivity index (χ0v) is 13.6. The number of benzene rings is 1. The smallest absolute Gasteiger partial charge is 0.412 e. The maximum atomic E-state index is 14.2. The first-order chi connectivity index (χ1) is 11.4. The lowest BCUT2D eigenvalue weighted by Crippen LogP contribution is -2.39. The first-order valence-electron chi connectivity index (χ1n) is 7.46. The van der Waals surface area contributed by atoms with Crippen molar-refractivity contribution >= 4 is 28.7 Å². The largest absolute Gasteiger partial charge is 0.491 e. The van der Waals surface area contributed by atoms with E-state index in [2.05, 4.69) is 5.32 Å². The fourth-order valence-corrected chi connectivity index (χ4v) is 3.35. The van der Waals surface area contributed by atoms with Crippen molar-refractivity contribution in [3.05, 3.63) is 45.9 Å². The summed E-state index contributed by atoms with van der Waals surface area (Å²) in [4.78, 5) is 0.453. The molecular weight excluding hydrogens is 342 g/mol. The van der Waals surface area contributed by atoms with Gasteiger partial charge in [-0.1, -0.05) is 13.0 Å². The van der Waals surface area contributed by atoms with Gasteiger partial charge in [0.15, 0.2) is 0 Å². The molecule has 7 heteroatoms. The van der Waals surface area contributed by atoms with Gasteiger partial charge < -0.3 is 10.1 Å². The fraction of sp³-hybridized carbons (Fsp3) is 0.294. The fourth-order valence-electron chi connectivity index (χ4n) is 2.57. The molecule has 0 saturated carbocycles. The Morgan fingerprint density at radius 1 is 1.25 bits per heavy atom. The Kier molecular flexibility index (Phi) is 4.54. The van der Waals surface area contributed by atoms with E-state index in [1.54, 1.807) is 17.5 Å². The number of ether oxygens (including phenoxy) is 1. The van der Waals surface area contributed by atoms with Crippen LogP contribution in [-0.2, 0) is 0 Å². The van der Waals surface area contributed by atoms with Crippen LogP contribution in [0, 0.1) is 5.82 Å². The van der Waals surface area contributed by atoms with Crippen LogP contribution in [0.15, 0.2) is 29.6 Å². The van der Waals surface area contributed by atoms with Crippen LogP contribution in [0.1, 0.15) is 23.8 Å². The highest BCUT2D eigenvalue weighted by Crippen LogP contribution is 2.44. The predicted molar refractivity (Wildman–Crippen MR) is 87.8 cm³/mol. The minimum absolute atomic E-state index is 0.0107. The minimum atomic E-state index is -4.51. The monoisotopic (exact) mass is 357 g/mol. The van der Waals surface area contributed by atoms with Gasteiger partial charge in [-0.15, -0.1) is 11.3 Å². The molecule has 1 aliphatic heterocycles. The summed E-state index contributed by atoms with van der Waals surface area (Å²) in [6.07, 6.45) is -2.54. The van der Waals surface area contributed by atoms with Crippen LogP contribution in [0.3, 0.4) is 0 Å². The molecule has 2 aromatic rings. The van der Waals surface area contributed by atoms with Crippen molar-refractivity contribution in [3.8, 4) is 5.75 Å². The minimum Gasteiger partial charge on any atom is -0.491 e. The van der Waals surface area contributed by atoms with Gasteiger partial charge in [0.25, 0.3) is 0 Å². The highest BCUT2D eigenvalue weighted by molar-refractivity contribution is 7.11. The Bertz CT molecular complexity index is 753. The zero-order chi connectivity index (χ0) is 17.3. The molecule has 0 radical (unpaired) electrons. The van der Waals surface area contributed by atoms with Crippen LogP contribution >= 0.6 is 11.3 Å². The Morgan fingerprint density at radius 2 is 2.04 bits per heavy atom. The van der Waals surface area contributed by atoms with Crippen LogP contribution in [0.5, 0.6) is 5.75 Å². The van der Waals surface area contributed by atoms with Gasteiger partial charge >= 0.3 is 6.18 Å². The lowest BCUT2D eigenvalue weighted by atomic mass is 9.95. The molecule has 24 heavy (non-hydrogen) atoms. The third-order valence-electron chi connectivity index (χ3n) is 3.65. The van der Waals surface area contributed by atoms with Crippen LogP contribution in [0.2, 0.25) is 0 Å². The molecule has 0 bridgehead atoms. The summed E-state index contributed by atoms with van der Waals surface area (Å²) in [6.45, 7) is 2.23. The molecule has 1 unspecified atom stereocenters. The van der Waals surface area contributed by atoms with Gasteiger partial charge in [0, 0.05) is 16.0 Å². The average molecular weight is 357 g/mol. The molecule has 2 nitrogen and oxygen atoms in total. The van der Waals surface area contributed by atoms with E-state index in [1.165, 1.54) is 29.5 Å². The molecule has 1 N–H and O–H groups in total. The number of rotatable bonds is 4. The Hall–Kier alpha value is -2.02. The van der Waals surface area contributed by atoms with Gasteiger partial charge in [-0.05, 0) is 36.1 Å². The first kappa shape index (κ1) is 16.8. The normalized spacial score (nSPS) is 17.0.